The number of rotatable bonds is 2. The van der Waals surface area contributed by atoms with E-state index in [0.717, 1.165) is 12.1 Å². The van der Waals surface area contributed by atoms with Crippen molar-refractivity contribution in [2.75, 3.05) is 7.11 Å². The van der Waals surface area contributed by atoms with Crippen LogP contribution >= 0.6 is 11.6 Å². The van der Waals surface area contributed by atoms with Crippen molar-refractivity contribution in [3.63, 3.8) is 0 Å². The molecule has 0 amide bonds. The maximum absolute atomic E-state index is 12.7. The summed E-state index contributed by atoms with van der Waals surface area (Å²) in [4.78, 5) is 15.5. The maximum Gasteiger partial charge on any atom is 0.416 e. The van der Waals surface area contributed by atoms with Crippen molar-refractivity contribution in [3.05, 3.63) is 52.7 Å². The third-order valence-electron chi connectivity index (χ3n) is 2.76. The van der Waals surface area contributed by atoms with Crippen LogP contribution in [0.25, 0.3) is 11.3 Å². The third-order valence-corrected chi connectivity index (χ3v) is 3.14. The summed E-state index contributed by atoms with van der Waals surface area (Å²) in [6.07, 6.45) is -3.18. The van der Waals surface area contributed by atoms with Crippen molar-refractivity contribution in [1.29, 1.82) is 0 Å². The van der Waals surface area contributed by atoms with Crippen LogP contribution in [0.2, 0.25) is 5.02 Å². The Balaban J connectivity index is 2.55. The van der Waals surface area contributed by atoms with Gasteiger partial charge in [-0.25, -0.2) is 4.79 Å². The molecule has 0 saturated heterocycles. The van der Waals surface area contributed by atoms with Gasteiger partial charge in [0.2, 0.25) is 0 Å². The second-order valence-electron chi connectivity index (χ2n) is 4.09. The van der Waals surface area contributed by atoms with Gasteiger partial charge >= 0.3 is 12.1 Å². The first-order valence-corrected chi connectivity index (χ1v) is 6.13. The molecule has 21 heavy (non-hydrogen) atoms. The lowest BCUT2D eigenvalue weighted by Gasteiger charge is -2.10. The van der Waals surface area contributed by atoms with E-state index >= 15 is 0 Å². The summed E-state index contributed by atoms with van der Waals surface area (Å²) >= 11 is 6.04. The highest BCUT2D eigenvalue weighted by molar-refractivity contribution is 6.36. The monoisotopic (exact) mass is 315 g/mol. The van der Waals surface area contributed by atoms with Gasteiger partial charge in [-0.15, -0.1) is 0 Å². The van der Waals surface area contributed by atoms with Crippen LogP contribution in [0.3, 0.4) is 0 Å². The summed E-state index contributed by atoms with van der Waals surface area (Å²) in [7, 11) is 1.18. The second kappa shape index (κ2) is 5.73. The average molecular weight is 316 g/mol. The summed E-state index contributed by atoms with van der Waals surface area (Å²) in [5.74, 6) is -0.685. The number of alkyl halides is 3. The summed E-state index contributed by atoms with van der Waals surface area (Å²) in [5, 5.41) is -0.0522. The van der Waals surface area contributed by atoms with Crippen LogP contribution in [0.5, 0.6) is 0 Å². The molecular weight excluding hydrogens is 307 g/mol. The number of nitrogens with zero attached hydrogens (tertiary/aromatic N) is 1. The zero-order valence-electron chi connectivity index (χ0n) is 10.7. The van der Waals surface area contributed by atoms with Crippen molar-refractivity contribution >= 4 is 17.6 Å². The first-order valence-electron chi connectivity index (χ1n) is 5.75. The summed E-state index contributed by atoms with van der Waals surface area (Å²) in [5.41, 5.74) is -0.519. The molecule has 0 aliphatic rings. The zero-order chi connectivity index (χ0) is 15.6. The number of carbonyl (C=O) groups excluding carboxylic acids is 1. The van der Waals surface area contributed by atoms with Crippen molar-refractivity contribution < 1.29 is 22.7 Å². The fourth-order valence-electron chi connectivity index (χ4n) is 1.76. The molecule has 0 atom stereocenters. The molecule has 1 aromatic carbocycles. The molecule has 0 bridgehead atoms. The molecule has 2 rings (SSSR count). The Morgan fingerprint density at radius 1 is 1.29 bits per heavy atom. The molecule has 0 spiro atoms. The van der Waals surface area contributed by atoms with Gasteiger partial charge in [-0.3, -0.25) is 4.98 Å². The maximum atomic E-state index is 12.7. The van der Waals surface area contributed by atoms with Crippen LogP contribution in [0, 0.1) is 0 Å². The molecule has 0 saturated carbocycles. The Morgan fingerprint density at radius 2 is 2.00 bits per heavy atom. The van der Waals surface area contributed by atoms with E-state index in [2.05, 4.69) is 9.72 Å². The van der Waals surface area contributed by atoms with Crippen LogP contribution in [-0.4, -0.2) is 18.1 Å². The minimum atomic E-state index is -4.47. The lowest BCUT2D eigenvalue weighted by molar-refractivity contribution is -0.137. The number of carbonyl (C=O) groups is 1. The van der Waals surface area contributed by atoms with E-state index in [-0.39, 0.29) is 21.8 Å². The number of aromatic nitrogens is 1. The average Bonchev–Trinajstić information content (AvgIpc) is 2.46. The first kappa shape index (κ1) is 15.3. The van der Waals surface area contributed by atoms with Crippen molar-refractivity contribution in [1.82, 2.24) is 4.98 Å². The SMILES string of the molecule is COC(=O)c1ccnc(-c2cccc(C(F)(F)F)c2)c1Cl. The number of hydrogen-bond donors (Lipinski definition) is 0. The molecule has 0 unspecified atom stereocenters. The Bertz CT molecular complexity index is 686. The van der Waals surface area contributed by atoms with Gasteiger partial charge in [0.15, 0.2) is 0 Å². The number of hydrogen-bond acceptors (Lipinski definition) is 3. The highest BCUT2D eigenvalue weighted by atomic mass is 35.5. The van der Waals surface area contributed by atoms with Crippen molar-refractivity contribution in [2.24, 2.45) is 0 Å². The van der Waals surface area contributed by atoms with Crippen LogP contribution < -0.4 is 0 Å². The zero-order valence-corrected chi connectivity index (χ0v) is 11.5. The topological polar surface area (TPSA) is 39.2 Å². The molecule has 110 valence electrons. The number of benzene rings is 1. The van der Waals surface area contributed by atoms with Crippen molar-refractivity contribution in [3.8, 4) is 11.3 Å². The molecule has 0 aliphatic carbocycles. The molecule has 3 nitrogen and oxygen atoms in total. The normalized spacial score (nSPS) is 11.3. The molecule has 0 aliphatic heterocycles. The lowest BCUT2D eigenvalue weighted by Crippen LogP contribution is -2.06. The van der Waals surface area contributed by atoms with Crippen LogP contribution in [0.15, 0.2) is 36.5 Å². The van der Waals surface area contributed by atoms with Gasteiger partial charge in [-0.1, -0.05) is 23.7 Å². The Labute approximate surface area is 123 Å². The van der Waals surface area contributed by atoms with E-state index in [1.165, 1.54) is 31.5 Å². The summed E-state index contributed by atoms with van der Waals surface area (Å²) in [6, 6.07) is 5.90. The highest BCUT2D eigenvalue weighted by Crippen LogP contribution is 2.34. The largest absolute Gasteiger partial charge is 0.465 e. The highest BCUT2D eigenvalue weighted by Gasteiger charge is 2.30. The second-order valence-corrected chi connectivity index (χ2v) is 4.47. The number of esters is 1. The Hall–Kier alpha value is -2.08. The molecule has 1 heterocycles. The predicted molar refractivity (Wildman–Crippen MR) is 71.0 cm³/mol. The number of pyridine rings is 1. The molecule has 0 fully saturated rings. The summed E-state index contributed by atoms with van der Waals surface area (Å²) < 4.78 is 42.7. The van der Waals surface area contributed by atoms with Gasteiger partial charge in [0.25, 0.3) is 0 Å². The minimum absolute atomic E-state index is 0.0431. The van der Waals surface area contributed by atoms with Crippen molar-refractivity contribution in [2.45, 2.75) is 6.18 Å². The van der Waals surface area contributed by atoms with Crippen LogP contribution in [0.4, 0.5) is 13.2 Å². The smallest absolute Gasteiger partial charge is 0.416 e. The Morgan fingerprint density at radius 3 is 2.62 bits per heavy atom. The molecule has 7 heteroatoms. The molecule has 0 radical (unpaired) electrons. The minimum Gasteiger partial charge on any atom is -0.465 e. The van der Waals surface area contributed by atoms with Gasteiger partial charge < -0.3 is 4.74 Å². The third kappa shape index (κ3) is 3.16. The van der Waals surface area contributed by atoms with E-state index < -0.39 is 17.7 Å². The van der Waals surface area contributed by atoms with E-state index in [9.17, 15) is 18.0 Å². The quantitative estimate of drug-likeness (QED) is 0.779. The van der Waals surface area contributed by atoms with Gasteiger partial charge in [-0.05, 0) is 18.2 Å². The fraction of sp³-hybridized carbons (Fsp3) is 0.143. The first-order chi connectivity index (χ1) is 9.84. The van der Waals surface area contributed by atoms with Gasteiger partial charge in [-0.2, -0.15) is 13.2 Å². The molecule has 0 N–H and O–H groups in total. The van der Waals surface area contributed by atoms with Crippen LogP contribution in [-0.2, 0) is 10.9 Å². The van der Waals surface area contributed by atoms with E-state index in [1.54, 1.807) is 0 Å². The molecular formula is C14H9ClF3NO2. The number of ether oxygens (including phenoxy) is 1. The Kier molecular flexibility index (Phi) is 4.18. The van der Waals surface area contributed by atoms with E-state index in [4.69, 9.17) is 11.6 Å². The van der Waals surface area contributed by atoms with Gasteiger partial charge in [0.05, 0.1) is 29.0 Å². The fourth-order valence-corrected chi connectivity index (χ4v) is 2.05. The number of halogens is 4. The number of methoxy groups -OCH3 is 1. The van der Waals surface area contributed by atoms with E-state index in [0.29, 0.717) is 0 Å². The van der Waals surface area contributed by atoms with Crippen LogP contribution in [0.1, 0.15) is 15.9 Å². The lowest BCUT2D eigenvalue weighted by atomic mass is 10.1. The standard InChI is InChI=1S/C14H9ClF3NO2/c1-21-13(20)10-5-6-19-12(11(10)15)8-3-2-4-9(7-8)14(16,17)18/h2-7H,1H3. The molecule has 2 aromatic rings. The van der Waals surface area contributed by atoms with Gasteiger partial charge in [0, 0.05) is 11.8 Å². The molecule has 1 aromatic heterocycles. The predicted octanol–water partition coefficient (Wildman–Crippen LogP) is 4.21. The van der Waals surface area contributed by atoms with Gasteiger partial charge in [0.1, 0.15) is 0 Å². The summed E-state index contributed by atoms with van der Waals surface area (Å²) in [6.45, 7) is 0. The van der Waals surface area contributed by atoms with E-state index in [1.807, 2.05) is 0 Å².